The largest absolute Gasteiger partial charge is 0.294 e. The Bertz CT molecular complexity index is 191. The molecule has 1 heteroatoms. The summed E-state index contributed by atoms with van der Waals surface area (Å²) < 4.78 is 0. The fourth-order valence-electron chi connectivity index (χ4n) is 2.14. The molecular formula is C12H23N. The maximum absolute atomic E-state index is 2.56. The van der Waals surface area contributed by atoms with Crippen LogP contribution in [0.15, 0.2) is 11.6 Å². The first-order chi connectivity index (χ1) is 6.02. The molecule has 0 N–H and O–H groups in total. The van der Waals surface area contributed by atoms with Crippen molar-refractivity contribution in [3.8, 4) is 0 Å². The Morgan fingerprint density at radius 2 is 1.92 bits per heavy atom. The second-order valence-electron chi connectivity index (χ2n) is 4.78. The molecule has 0 aromatic heterocycles. The van der Waals surface area contributed by atoms with E-state index in [0.29, 0.717) is 6.04 Å². The lowest BCUT2D eigenvalue weighted by atomic mass is 9.92. The summed E-state index contributed by atoms with van der Waals surface area (Å²) >= 11 is 0. The topological polar surface area (TPSA) is 3.24 Å². The lowest BCUT2D eigenvalue weighted by Crippen LogP contribution is -2.41. The molecule has 0 radical (unpaired) electrons. The van der Waals surface area contributed by atoms with Gasteiger partial charge >= 0.3 is 0 Å². The molecule has 1 rings (SSSR count). The summed E-state index contributed by atoms with van der Waals surface area (Å²) in [6.07, 6.45) is 3.68. The minimum Gasteiger partial charge on any atom is -0.294 e. The molecule has 0 fully saturated rings. The quantitative estimate of drug-likeness (QED) is 0.592. The zero-order chi connectivity index (χ0) is 10.0. The molecule has 1 aliphatic heterocycles. The molecule has 13 heavy (non-hydrogen) atoms. The van der Waals surface area contributed by atoms with Gasteiger partial charge in [0.15, 0.2) is 0 Å². The first kappa shape index (κ1) is 10.8. The van der Waals surface area contributed by atoms with Gasteiger partial charge in [0, 0.05) is 18.6 Å². The van der Waals surface area contributed by atoms with E-state index in [0.717, 1.165) is 18.5 Å². The van der Waals surface area contributed by atoms with Gasteiger partial charge in [0.25, 0.3) is 0 Å². The van der Waals surface area contributed by atoms with E-state index in [1.165, 1.54) is 6.42 Å². The van der Waals surface area contributed by atoms with Crippen molar-refractivity contribution >= 4 is 0 Å². The molecule has 1 heterocycles. The van der Waals surface area contributed by atoms with E-state index >= 15 is 0 Å². The summed E-state index contributed by atoms with van der Waals surface area (Å²) in [5.74, 6) is 0.733. The molecule has 1 atom stereocenters. The van der Waals surface area contributed by atoms with Crippen molar-refractivity contribution in [2.24, 2.45) is 5.92 Å². The van der Waals surface area contributed by atoms with Crippen molar-refractivity contribution in [2.75, 3.05) is 6.54 Å². The highest BCUT2D eigenvalue weighted by atomic mass is 15.2. The number of hydrogen-bond donors (Lipinski definition) is 0. The smallest absolute Gasteiger partial charge is 0.0171 e. The molecule has 0 aliphatic carbocycles. The Morgan fingerprint density at radius 3 is 2.31 bits per heavy atom. The van der Waals surface area contributed by atoms with E-state index in [-0.39, 0.29) is 0 Å². The van der Waals surface area contributed by atoms with Crippen LogP contribution < -0.4 is 0 Å². The predicted molar refractivity (Wildman–Crippen MR) is 58.8 cm³/mol. The molecule has 0 unspecified atom stereocenters. The van der Waals surface area contributed by atoms with Gasteiger partial charge in [-0.1, -0.05) is 25.5 Å². The summed E-state index contributed by atoms with van der Waals surface area (Å²) in [7, 11) is 0. The Balaban J connectivity index is 2.63. The summed E-state index contributed by atoms with van der Waals surface area (Å²) in [5.41, 5.74) is 1.64. The highest BCUT2D eigenvalue weighted by Gasteiger charge is 2.22. The van der Waals surface area contributed by atoms with Crippen LogP contribution in [0.2, 0.25) is 0 Å². The number of rotatable bonds is 2. The first-order valence-corrected chi connectivity index (χ1v) is 5.47. The fourth-order valence-corrected chi connectivity index (χ4v) is 2.14. The number of hydrogen-bond acceptors (Lipinski definition) is 1. The molecule has 0 saturated carbocycles. The van der Waals surface area contributed by atoms with Gasteiger partial charge < -0.3 is 0 Å². The van der Waals surface area contributed by atoms with Crippen molar-refractivity contribution in [1.82, 2.24) is 4.90 Å². The lowest BCUT2D eigenvalue weighted by Gasteiger charge is -2.37. The third kappa shape index (κ3) is 2.57. The van der Waals surface area contributed by atoms with Gasteiger partial charge in [-0.05, 0) is 33.1 Å². The van der Waals surface area contributed by atoms with E-state index in [9.17, 15) is 0 Å². The number of nitrogens with zero attached hydrogens (tertiary/aromatic N) is 1. The summed E-state index contributed by atoms with van der Waals surface area (Å²) in [6.45, 7) is 12.6. The summed E-state index contributed by atoms with van der Waals surface area (Å²) in [4.78, 5) is 2.56. The van der Waals surface area contributed by atoms with Crippen LogP contribution in [0.1, 0.15) is 41.0 Å². The van der Waals surface area contributed by atoms with E-state index < -0.39 is 0 Å². The standard InChI is InChI=1S/C12H23N/c1-9(2)12-6-7-13(10(3)4)11(5)8-12/h6,9-11H,7-8H2,1-5H3/t11-/m1/s1. The van der Waals surface area contributed by atoms with Crippen molar-refractivity contribution < 1.29 is 0 Å². The van der Waals surface area contributed by atoms with Crippen LogP contribution in [0.25, 0.3) is 0 Å². The fraction of sp³-hybridized carbons (Fsp3) is 0.833. The molecule has 1 aliphatic rings. The monoisotopic (exact) mass is 181 g/mol. The highest BCUT2D eigenvalue weighted by Crippen LogP contribution is 2.24. The molecule has 1 nitrogen and oxygen atoms in total. The molecule has 76 valence electrons. The second kappa shape index (κ2) is 4.28. The molecular weight excluding hydrogens is 158 g/mol. The average Bonchev–Trinajstić information content (AvgIpc) is 2.03. The van der Waals surface area contributed by atoms with E-state index in [2.05, 4.69) is 45.6 Å². The van der Waals surface area contributed by atoms with Crippen molar-refractivity contribution in [1.29, 1.82) is 0 Å². The average molecular weight is 181 g/mol. The maximum Gasteiger partial charge on any atom is 0.0171 e. The van der Waals surface area contributed by atoms with E-state index in [1.54, 1.807) is 5.57 Å². The third-order valence-electron chi connectivity index (χ3n) is 3.07. The molecule has 0 amide bonds. The third-order valence-corrected chi connectivity index (χ3v) is 3.07. The van der Waals surface area contributed by atoms with E-state index in [1.807, 2.05) is 0 Å². The van der Waals surface area contributed by atoms with Crippen molar-refractivity contribution in [2.45, 2.75) is 53.1 Å². The minimum atomic E-state index is 0.681. The normalized spacial score (nSPS) is 25.5. The molecule has 0 aromatic carbocycles. The highest BCUT2D eigenvalue weighted by molar-refractivity contribution is 5.11. The van der Waals surface area contributed by atoms with Crippen molar-refractivity contribution in [3.05, 3.63) is 11.6 Å². The van der Waals surface area contributed by atoms with Crippen molar-refractivity contribution in [3.63, 3.8) is 0 Å². The summed E-state index contributed by atoms with van der Waals surface area (Å²) in [6, 6.07) is 1.40. The molecule has 0 spiro atoms. The second-order valence-corrected chi connectivity index (χ2v) is 4.78. The van der Waals surface area contributed by atoms with Gasteiger partial charge in [0.2, 0.25) is 0 Å². The van der Waals surface area contributed by atoms with E-state index in [4.69, 9.17) is 0 Å². The molecule has 0 bridgehead atoms. The molecule has 0 saturated heterocycles. The Morgan fingerprint density at radius 1 is 1.31 bits per heavy atom. The van der Waals surface area contributed by atoms with Gasteiger partial charge in [0.1, 0.15) is 0 Å². The van der Waals surface area contributed by atoms with Crippen LogP contribution in [-0.2, 0) is 0 Å². The predicted octanol–water partition coefficient (Wildman–Crippen LogP) is 3.07. The van der Waals surface area contributed by atoms with Gasteiger partial charge in [-0.2, -0.15) is 0 Å². The molecule has 0 aromatic rings. The van der Waals surface area contributed by atoms with Gasteiger partial charge in [-0.15, -0.1) is 0 Å². The first-order valence-electron chi connectivity index (χ1n) is 5.47. The Kier molecular flexibility index (Phi) is 3.55. The van der Waals surface area contributed by atoms with Gasteiger partial charge in [0.05, 0.1) is 0 Å². The van der Waals surface area contributed by atoms with Crippen LogP contribution in [0.5, 0.6) is 0 Å². The summed E-state index contributed by atoms with van der Waals surface area (Å²) in [5, 5.41) is 0. The van der Waals surface area contributed by atoms with Gasteiger partial charge in [-0.3, -0.25) is 4.90 Å². The van der Waals surface area contributed by atoms with Crippen LogP contribution in [-0.4, -0.2) is 23.5 Å². The zero-order valence-corrected chi connectivity index (χ0v) is 9.67. The lowest BCUT2D eigenvalue weighted by molar-refractivity contribution is 0.169. The SMILES string of the molecule is CC(C)C1=CCN(C(C)C)[C@H](C)C1. The van der Waals surface area contributed by atoms with Crippen LogP contribution in [0.4, 0.5) is 0 Å². The zero-order valence-electron chi connectivity index (χ0n) is 9.67. The van der Waals surface area contributed by atoms with Crippen LogP contribution in [0, 0.1) is 5.92 Å². The van der Waals surface area contributed by atoms with Gasteiger partial charge in [-0.25, -0.2) is 0 Å². The van der Waals surface area contributed by atoms with Crippen LogP contribution in [0.3, 0.4) is 0 Å². The Labute approximate surface area is 82.8 Å². The maximum atomic E-state index is 2.56. The minimum absolute atomic E-state index is 0.681. The Hall–Kier alpha value is -0.300. The van der Waals surface area contributed by atoms with Crippen LogP contribution >= 0.6 is 0 Å².